The van der Waals surface area contributed by atoms with Crippen molar-refractivity contribution >= 4 is 17.2 Å². The van der Waals surface area contributed by atoms with Crippen LogP contribution in [0, 0.1) is 16.7 Å². The van der Waals surface area contributed by atoms with Gasteiger partial charge in [-0.1, -0.05) is 31.7 Å². The molecular weight excluding hydrogens is 256 g/mol. The molecule has 1 aliphatic rings. The van der Waals surface area contributed by atoms with E-state index in [0.29, 0.717) is 6.54 Å². The zero-order valence-electron chi connectivity index (χ0n) is 11.4. The normalized spacial score (nSPS) is 18.3. The standard InChI is InChI=1S/C15H20N2OS/c1-17(11-13-7-6-10-19-13)14(18)15(12-16)8-4-2-3-5-9-15/h6-7,10H,2-5,8-9,11H2,1H3. The molecule has 102 valence electrons. The van der Waals surface area contributed by atoms with Gasteiger partial charge in [-0.3, -0.25) is 4.79 Å². The molecule has 0 aromatic carbocycles. The Bertz CT molecular complexity index is 453. The number of nitrogens with zero attached hydrogens (tertiary/aromatic N) is 2. The summed E-state index contributed by atoms with van der Waals surface area (Å²) in [5.74, 6) is 0.00491. The van der Waals surface area contributed by atoms with E-state index in [4.69, 9.17) is 0 Å². The number of carbonyl (C=O) groups excluding carboxylic acids is 1. The molecule has 1 aromatic heterocycles. The Hall–Kier alpha value is -1.34. The minimum Gasteiger partial charge on any atom is -0.339 e. The van der Waals surface area contributed by atoms with Crippen LogP contribution in [-0.4, -0.2) is 17.9 Å². The fourth-order valence-corrected chi connectivity index (χ4v) is 3.54. The van der Waals surface area contributed by atoms with E-state index in [0.717, 1.165) is 43.4 Å². The van der Waals surface area contributed by atoms with Gasteiger partial charge < -0.3 is 4.90 Å². The molecular formula is C15H20N2OS. The maximum atomic E-state index is 12.6. The number of hydrogen-bond acceptors (Lipinski definition) is 3. The van der Waals surface area contributed by atoms with Gasteiger partial charge in [-0.2, -0.15) is 5.26 Å². The van der Waals surface area contributed by atoms with Crippen LogP contribution < -0.4 is 0 Å². The Kier molecular flexibility index (Phi) is 4.60. The predicted octanol–water partition coefficient (Wildman–Crippen LogP) is 3.57. The van der Waals surface area contributed by atoms with Crippen LogP contribution in [0.15, 0.2) is 17.5 Å². The highest BCUT2D eigenvalue weighted by Crippen LogP contribution is 2.36. The van der Waals surface area contributed by atoms with Crippen molar-refractivity contribution in [3.8, 4) is 6.07 Å². The van der Waals surface area contributed by atoms with Crippen molar-refractivity contribution in [1.82, 2.24) is 4.90 Å². The van der Waals surface area contributed by atoms with Crippen LogP contribution in [0.25, 0.3) is 0 Å². The van der Waals surface area contributed by atoms with Crippen LogP contribution in [-0.2, 0) is 11.3 Å². The SMILES string of the molecule is CN(Cc1cccs1)C(=O)C1(C#N)CCCCCC1. The largest absolute Gasteiger partial charge is 0.339 e. The molecule has 0 aliphatic heterocycles. The molecule has 1 heterocycles. The Morgan fingerprint density at radius 2 is 2.11 bits per heavy atom. The van der Waals surface area contributed by atoms with Crippen molar-refractivity contribution in [3.05, 3.63) is 22.4 Å². The van der Waals surface area contributed by atoms with Gasteiger partial charge in [0.1, 0.15) is 5.41 Å². The molecule has 19 heavy (non-hydrogen) atoms. The predicted molar refractivity (Wildman–Crippen MR) is 76.5 cm³/mol. The summed E-state index contributed by atoms with van der Waals surface area (Å²) in [6.07, 6.45) is 5.71. The van der Waals surface area contributed by atoms with E-state index in [-0.39, 0.29) is 5.91 Å². The first kappa shape index (κ1) is 14.1. The number of thiophene rings is 1. The fraction of sp³-hybridized carbons (Fsp3) is 0.600. The van der Waals surface area contributed by atoms with Gasteiger partial charge in [0.2, 0.25) is 5.91 Å². The molecule has 1 amide bonds. The Morgan fingerprint density at radius 3 is 2.63 bits per heavy atom. The highest BCUT2D eigenvalue weighted by Gasteiger charge is 2.40. The van der Waals surface area contributed by atoms with E-state index < -0.39 is 5.41 Å². The monoisotopic (exact) mass is 276 g/mol. The van der Waals surface area contributed by atoms with E-state index >= 15 is 0 Å². The third kappa shape index (κ3) is 3.16. The molecule has 0 saturated heterocycles. The van der Waals surface area contributed by atoms with Gasteiger partial charge in [0.15, 0.2) is 0 Å². The number of amides is 1. The van der Waals surface area contributed by atoms with Gasteiger partial charge in [-0.25, -0.2) is 0 Å². The van der Waals surface area contributed by atoms with Crippen LogP contribution in [0.5, 0.6) is 0 Å². The third-order valence-corrected chi connectivity index (χ3v) is 4.76. The molecule has 1 aromatic rings. The Labute approximate surface area is 118 Å². The quantitative estimate of drug-likeness (QED) is 0.792. The zero-order chi connectivity index (χ0) is 13.7. The van der Waals surface area contributed by atoms with Crippen LogP contribution in [0.4, 0.5) is 0 Å². The topological polar surface area (TPSA) is 44.1 Å². The lowest BCUT2D eigenvalue weighted by molar-refractivity contribution is -0.138. The van der Waals surface area contributed by atoms with Crippen LogP contribution >= 0.6 is 11.3 Å². The molecule has 1 saturated carbocycles. The molecule has 1 fully saturated rings. The zero-order valence-corrected chi connectivity index (χ0v) is 12.2. The van der Waals surface area contributed by atoms with Crippen molar-refractivity contribution < 1.29 is 4.79 Å². The molecule has 0 unspecified atom stereocenters. The van der Waals surface area contributed by atoms with Crippen molar-refractivity contribution in [2.24, 2.45) is 5.41 Å². The second kappa shape index (κ2) is 6.21. The first-order valence-electron chi connectivity index (χ1n) is 6.87. The van der Waals surface area contributed by atoms with Crippen LogP contribution in [0.1, 0.15) is 43.4 Å². The van der Waals surface area contributed by atoms with E-state index in [1.165, 1.54) is 0 Å². The summed E-state index contributed by atoms with van der Waals surface area (Å²) >= 11 is 1.65. The van der Waals surface area contributed by atoms with Crippen molar-refractivity contribution in [2.75, 3.05) is 7.05 Å². The van der Waals surface area contributed by atoms with Crippen LogP contribution in [0.2, 0.25) is 0 Å². The second-order valence-corrected chi connectivity index (χ2v) is 6.38. The first-order valence-corrected chi connectivity index (χ1v) is 7.75. The maximum Gasteiger partial charge on any atom is 0.243 e. The number of nitriles is 1. The van der Waals surface area contributed by atoms with Crippen LogP contribution in [0.3, 0.4) is 0 Å². The van der Waals surface area contributed by atoms with Gasteiger partial charge >= 0.3 is 0 Å². The van der Waals surface area contributed by atoms with E-state index in [2.05, 4.69) is 6.07 Å². The van der Waals surface area contributed by atoms with Crippen molar-refractivity contribution in [2.45, 2.75) is 45.1 Å². The van der Waals surface area contributed by atoms with Crippen molar-refractivity contribution in [1.29, 1.82) is 5.26 Å². The summed E-state index contributed by atoms with van der Waals surface area (Å²) in [5, 5.41) is 11.5. The average molecular weight is 276 g/mol. The fourth-order valence-electron chi connectivity index (χ4n) is 2.78. The highest BCUT2D eigenvalue weighted by molar-refractivity contribution is 7.09. The second-order valence-electron chi connectivity index (χ2n) is 5.35. The van der Waals surface area contributed by atoms with Gasteiger partial charge in [0.25, 0.3) is 0 Å². The van der Waals surface area contributed by atoms with Gasteiger partial charge in [-0.15, -0.1) is 11.3 Å². The minimum absolute atomic E-state index is 0.00491. The summed E-state index contributed by atoms with van der Waals surface area (Å²) in [6.45, 7) is 0.611. The number of carbonyl (C=O) groups is 1. The highest BCUT2D eigenvalue weighted by atomic mass is 32.1. The van der Waals surface area contributed by atoms with E-state index in [1.54, 1.807) is 16.2 Å². The Balaban J connectivity index is 2.09. The maximum absolute atomic E-state index is 12.6. The van der Waals surface area contributed by atoms with Crippen molar-refractivity contribution in [3.63, 3.8) is 0 Å². The van der Waals surface area contributed by atoms with Gasteiger partial charge in [0, 0.05) is 11.9 Å². The summed E-state index contributed by atoms with van der Waals surface area (Å²) in [5.41, 5.74) is -0.775. The first-order chi connectivity index (χ1) is 9.18. The average Bonchev–Trinajstić information content (AvgIpc) is 2.80. The molecule has 4 heteroatoms. The minimum atomic E-state index is -0.775. The van der Waals surface area contributed by atoms with Gasteiger partial charge in [-0.05, 0) is 24.3 Å². The Morgan fingerprint density at radius 1 is 1.42 bits per heavy atom. The molecule has 0 radical (unpaired) electrons. The molecule has 2 rings (SSSR count). The lowest BCUT2D eigenvalue weighted by Crippen LogP contribution is -2.40. The molecule has 0 bridgehead atoms. The molecule has 1 aliphatic carbocycles. The number of rotatable bonds is 3. The summed E-state index contributed by atoms with van der Waals surface area (Å²) in [7, 11) is 1.81. The summed E-state index contributed by atoms with van der Waals surface area (Å²) in [6, 6.07) is 6.35. The van der Waals surface area contributed by atoms with E-state index in [1.807, 2.05) is 24.6 Å². The molecule has 0 N–H and O–H groups in total. The lowest BCUT2D eigenvalue weighted by Gasteiger charge is -2.29. The third-order valence-electron chi connectivity index (χ3n) is 3.90. The molecule has 3 nitrogen and oxygen atoms in total. The molecule has 0 spiro atoms. The summed E-state index contributed by atoms with van der Waals surface area (Å²) in [4.78, 5) is 15.5. The smallest absolute Gasteiger partial charge is 0.243 e. The molecule has 0 atom stereocenters. The van der Waals surface area contributed by atoms with E-state index in [9.17, 15) is 10.1 Å². The number of hydrogen-bond donors (Lipinski definition) is 0. The lowest BCUT2D eigenvalue weighted by atomic mass is 9.80. The van der Waals surface area contributed by atoms with Gasteiger partial charge in [0.05, 0.1) is 12.6 Å². The summed E-state index contributed by atoms with van der Waals surface area (Å²) < 4.78 is 0.